The first kappa shape index (κ1) is 42.1. The lowest BCUT2D eigenvalue weighted by atomic mass is 9.99. The average molecular weight is 778 g/mol. The van der Waals surface area contributed by atoms with Crippen molar-refractivity contribution in [3.05, 3.63) is 82.2 Å². The summed E-state index contributed by atoms with van der Waals surface area (Å²) in [7, 11) is 0. The average Bonchev–Trinajstić information content (AvgIpc) is 3.11. The molecule has 18 heteroatoms. The first-order valence-corrected chi connectivity index (χ1v) is 17.2. The summed E-state index contributed by atoms with van der Waals surface area (Å²) in [5, 5.41) is 2.71. The number of nitrogens with one attached hydrogen (secondary N) is 1. The second kappa shape index (κ2) is 18.6. The minimum Gasteiger partial charge on any atom is -0.466 e. The van der Waals surface area contributed by atoms with Gasteiger partial charge in [0.05, 0.1) is 54.6 Å². The van der Waals surface area contributed by atoms with Crippen molar-refractivity contribution in [1.29, 1.82) is 0 Å². The fourth-order valence-corrected chi connectivity index (χ4v) is 5.78. The lowest BCUT2D eigenvalue weighted by Gasteiger charge is -2.29. The first-order chi connectivity index (χ1) is 25.4. The van der Waals surface area contributed by atoms with Gasteiger partial charge in [-0.25, -0.2) is 9.97 Å². The zero-order valence-corrected chi connectivity index (χ0v) is 29.3. The minimum atomic E-state index is -5.13. The summed E-state index contributed by atoms with van der Waals surface area (Å²) in [6.45, 7) is 2.80. The number of esters is 1. The van der Waals surface area contributed by atoms with Gasteiger partial charge < -0.3 is 24.6 Å². The Hall–Kier alpha value is -4.61. The van der Waals surface area contributed by atoms with Crippen LogP contribution in [0.15, 0.2) is 48.8 Å². The third-order valence-electron chi connectivity index (χ3n) is 8.51. The van der Waals surface area contributed by atoms with Crippen molar-refractivity contribution in [2.45, 2.75) is 77.1 Å². The number of carbonyl (C=O) groups is 2. The number of carbonyl (C=O) groups excluding carboxylic acids is 2. The SMILES string of the molecule is CCOC(=O)CCCCCC(=O)NCCc1ccc(C(F)(F)F)cc1CN(Cc1cc(C(F)(F)F)cc(C(F)(F)F)c1)c1ncc(N2CCOCC2)cn1. The van der Waals surface area contributed by atoms with Crippen molar-refractivity contribution in [3.63, 3.8) is 0 Å². The zero-order chi connectivity index (χ0) is 39.5. The molecule has 1 aliphatic rings. The van der Waals surface area contributed by atoms with Gasteiger partial charge in [-0.1, -0.05) is 12.5 Å². The van der Waals surface area contributed by atoms with Crippen LogP contribution in [-0.2, 0) is 57.1 Å². The smallest absolute Gasteiger partial charge is 0.416 e. The maximum atomic E-state index is 13.9. The molecule has 9 nitrogen and oxygen atoms in total. The molecule has 0 atom stereocenters. The van der Waals surface area contributed by atoms with E-state index in [0.29, 0.717) is 68.9 Å². The molecule has 1 aromatic heterocycles. The van der Waals surface area contributed by atoms with Crippen LogP contribution in [0.1, 0.15) is 72.4 Å². The van der Waals surface area contributed by atoms with E-state index in [1.165, 1.54) is 23.4 Å². The van der Waals surface area contributed by atoms with Crippen LogP contribution in [0, 0.1) is 0 Å². The number of alkyl halides is 9. The van der Waals surface area contributed by atoms with Gasteiger partial charge in [-0.2, -0.15) is 39.5 Å². The Morgan fingerprint density at radius 1 is 0.796 bits per heavy atom. The number of halogens is 9. The lowest BCUT2D eigenvalue weighted by molar-refractivity contribution is -0.144. The van der Waals surface area contributed by atoms with E-state index >= 15 is 0 Å². The van der Waals surface area contributed by atoms with Gasteiger partial charge in [-0.15, -0.1) is 0 Å². The van der Waals surface area contributed by atoms with Crippen LogP contribution in [-0.4, -0.2) is 61.3 Å². The molecule has 1 fully saturated rings. The van der Waals surface area contributed by atoms with Crippen LogP contribution < -0.4 is 15.1 Å². The molecular formula is C36H40F9N5O4. The number of ether oxygens (including phenoxy) is 2. The summed E-state index contributed by atoms with van der Waals surface area (Å²) in [6.07, 6.45) is -10.2. The van der Waals surface area contributed by atoms with Crippen LogP contribution >= 0.6 is 0 Å². The number of anilines is 2. The Kier molecular flexibility index (Phi) is 14.5. The van der Waals surface area contributed by atoms with Crippen molar-refractivity contribution < 1.29 is 58.6 Å². The van der Waals surface area contributed by atoms with E-state index in [9.17, 15) is 49.1 Å². The summed E-state index contributed by atoms with van der Waals surface area (Å²) < 4.78 is 134. The van der Waals surface area contributed by atoms with Crippen LogP contribution in [0.4, 0.5) is 51.1 Å². The largest absolute Gasteiger partial charge is 0.466 e. The molecule has 0 bridgehead atoms. The van der Waals surface area contributed by atoms with Gasteiger partial charge in [-0.3, -0.25) is 9.59 Å². The van der Waals surface area contributed by atoms with Crippen molar-refractivity contribution >= 4 is 23.5 Å². The Labute approximate surface area is 305 Å². The number of nitrogens with zero attached hydrogens (tertiary/aromatic N) is 4. The van der Waals surface area contributed by atoms with Crippen LogP contribution in [0.3, 0.4) is 0 Å². The zero-order valence-electron chi connectivity index (χ0n) is 29.3. The Bertz CT molecular complexity index is 1660. The molecule has 1 amide bonds. The predicted molar refractivity (Wildman–Crippen MR) is 179 cm³/mol. The highest BCUT2D eigenvalue weighted by atomic mass is 19.4. The molecule has 0 saturated carbocycles. The maximum Gasteiger partial charge on any atom is 0.416 e. The number of hydrogen-bond donors (Lipinski definition) is 1. The second-order valence-electron chi connectivity index (χ2n) is 12.6. The number of amides is 1. The number of morpholine rings is 1. The molecule has 0 spiro atoms. The van der Waals surface area contributed by atoms with Crippen LogP contribution in [0.2, 0.25) is 0 Å². The van der Waals surface area contributed by atoms with E-state index in [2.05, 4.69) is 15.3 Å². The number of rotatable bonds is 16. The highest BCUT2D eigenvalue weighted by Gasteiger charge is 2.37. The van der Waals surface area contributed by atoms with E-state index in [-0.39, 0.29) is 61.9 Å². The summed E-state index contributed by atoms with van der Waals surface area (Å²) >= 11 is 0. The molecule has 1 N–H and O–H groups in total. The molecular weight excluding hydrogens is 737 g/mol. The monoisotopic (exact) mass is 777 g/mol. The number of unbranched alkanes of at least 4 members (excludes halogenated alkanes) is 2. The van der Waals surface area contributed by atoms with E-state index in [1.807, 2.05) is 4.90 Å². The maximum absolute atomic E-state index is 13.9. The van der Waals surface area contributed by atoms with Gasteiger partial charge >= 0.3 is 24.5 Å². The number of benzene rings is 2. The molecule has 4 rings (SSSR count). The quantitative estimate of drug-likeness (QED) is 0.0897. The molecule has 2 aromatic carbocycles. The molecule has 0 unspecified atom stereocenters. The molecule has 296 valence electrons. The lowest BCUT2D eigenvalue weighted by Crippen LogP contribution is -2.36. The summed E-state index contributed by atoms with van der Waals surface area (Å²) in [4.78, 5) is 35.7. The Morgan fingerprint density at radius 3 is 2.00 bits per heavy atom. The molecule has 0 radical (unpaired) electrons. The van der Waals surface area contributed by atoms with Crippen molar-refractivity contribution in [3.8, 4) is 0 Å². The van der Waals surface area contributed by atoms with Crippen LogP contribution in [0.25, 0.3) is 0 Å². The van der Waals surface area contributed by atoms with Crippen LogP contribution in [0.5, 0.6) is 0 Å². The van der Waals surface area contributed by atoms with Crippen molar-refractivity contribution in [2.75, 3.05) is 49.3 Å². The summed E-state index contributed by atoms with van der Waals surface area (Å²) in [5.74, 6) is -0.803. The minimum absolute atomic E-state index is 0.00975. The first-order valence-electron chi connectivity index (χ1n) is 17.2. The fourth-order valence-electron chi connectivity index (χ4n) is 5.78. The molecule has 3 aromatic rings. The topological polar surface area (TPSA) is 96.9 Å². The Morgan fingerprint density at radius 2 is 1.41 bits per heavy atom. The van der Waals surface area contributed by atoms with Crippen molar-refractivity contribution in [1.82, 2.24) is 15.3 Å². The second-order valence-corrected chi connectivity index (χ2v) is 12.6. The van der Waals surface area contributed by atoms with Gasteiger partial charge in [-0.05, 0) is 73.2 Å². The van der Waals surface area contributed by atoms with Crippen molar-refractivity contribution in [2.24, 2.45) is 0 Å². The summed E-state index contributed by atoms with van der Waals surface area (Å²) in [6, 6.07) is 4.00. The fraction of sp³-hybridized carbons (Fsp3) is 0.500. The molecule has 2 heterocycles. The van der Waals surface area contributed by atoms with E-state index in [4.69, 9.17) is 9.47 Å². The normalized spacial score (nSPS) is 13.9. The third-order valence-corrected chi connectivity index (χ3v) is 8.51. The molecule has 54 heavy (non-hydrogen) atoms. The van der Waals surface area contributed by atoms with E-state index < -0.39 is 53.9 Å². The number of hydrogen-bond acceptors (Lipinski definition) is 8. The van der Waals surface area contributed by atoms with Gasteiger partial charge in [0.15, 0.2) is 0 Å². The standard InChI is InChI=1S/C36H40F9N5O4/c1-2-54-32(52)7-5-3-4-6-31(51)46-11-10-25-8-9-27(34(37,38)39)18-26(25)23-50(33-47-20-30(21-48-33)49-12-14-53-15-13-49)22-24-16-28(35(40,41)42)19-29(17-24)36(43,44)45/h8-9,16-21H,2-7,10-15,22-23H2,1H3,(H,46,51). The van der Waals surface area contributed by atoms with E-state index in [0.717, 1.165) is 12.1 Å². The van der Waals surface area contributed by atoms with Gasteiger partial charge in [0, 0.05) is 45.6 Å². The predicted octanol–water partition coefficient (Wildman–Crippen LogP) is 7.75. The van der Waals surface area contributed by atoms with Gasteiger partial charge in [0.1, 0.15) is 0 Å². The number of aromatic nitrogens is 2. The van der Waals surface area contributed by atoms with Gasteiger partial charge in [0.25, 0.3) is 0 Å². The summed E-state index contributed by atoms with van der Waals surface area (Å²) in [5.41, 5.74) is -3.61. The van der Waals surface area contributed by atoms with Gasteiger partial charge in [0.2, 0.25) is 11.9 Å². The third kappa shape index (κ3) is 12.8. The molecule has 1 aliphatic heterocycles. The highest BCUT2D eigenvalue weighted by molar-refractivity contribution is 5.75. The highest BCUT2D eigenvalue weighted by Crippen LogP contribution is 2.37. The molecule has 1 saturated heterocycles. The van der Waals surface area contributed by atoms with E-state index in [1.54, 1.807) is 6.92 Å². The molecule has 0 aliphatic carbocycles. The Balaban J connectivity index is 1.60.